The van der Waals surface area contributed by atoms with Crippen LogP contribution in [-0.2, 0) is 17.9 Å². The summed E-state index contributed by atoms with van der Waals surface area (Å²) in [6, 6.07) is 11.9. The predicted octanol–water partition coefficient (Wildman–Crippen LogP) is 4.48. The molecule has 0 unspecified atom stereocenters. The molecule has 0 spiro atoms. The zero-order chi connectivity index (χ0) is 17.8. The summed E-state index contributed by atoms with van der Waals surface area (Å²) in [7, 11) is 1.82. The summed E-state index contributed by atoms with van der Waals surface area (Å²) in [6.45, 7) is 1.09. The van der Waals surface area contributed by atoms with Gasteiger partial charge in [-0.05, 0) is 41.4 Å². The molecular weight excluding hydrogens is 420 g/mol. The van der Waals surface area contributed by atoms with Gasteiger partial charge in [-0.15, -0.1) is 11.3 Å². The van der Waals surface area contributed by atoms with Crippen LogP contribution >= 0.6 is 39.5 Å². The Kier molecular flexibility index (Phi) is 5.82. The smallest absolute Gasteiger partial charge is 0.224 e. The zero-order valence-electron chi connectivity index (χ0n) is 13.6. The Balaban J connectivity index is 1.63. The summed E-state index contributed by atoms with van der Waals surface area (Å²) in [5.41, 5.74) is 1.10. The molecule has 5 nitrogen and oxygen atoms in total. The van der Waals surface area contributed by atoms with Gasteiger partial charge in [0.05, 0.1) is 4.88 Å². The molecule has 0 bridgehead atoms. The van der Waals surface area contributed by atoms with E-state index >= 15 is 0 Å². The van der Waals surface area contributed by atoms with E-state index in [-0.39, 0.29) is 5.91 Å². The molecule has 8 heteroatoms. The van der Waals surface area contributed by atoms with Gasteiger partial charge in [0, 0.05) is 31.0 Å². The number of thiophene rings is 1. The molecule has 3 rings (SSSR count). The SMILES string of the molecule is CN(Cc1ccc(Br)cc1)C(=O)CCn1c(-c2cccs2)n[nH]c1=S. The molecule has 2 heterocycles. The fourth-order valence-electron chi connectivity index (χ4n) is 2.47. The average molecular weight is 437 g/mol. The Labute approximate surface area is 163 Å². The molecule has 0 fully saturated rings. The Morgan fingerprint density at radius 2 is 2.12 bits per heavy atom. The Morgan fingerprint density at radius 3 is 2.80 bits per heavy atom. The number of rotatable bonds is 6. The molecule has 25 heavy (non-hydrogen) atoms. The summed E-state index contributed by atoms with van der Waals surface area (Å²) < 4.78 is 3.44. The van der Waals surface area contributed by atoms with Crippen LogP contribution in [0.4, 0.5) is 0 Å². The second kappa shape index (κ2) is 8.07. The quantitative estimate of drug-likeness (QED) is 0.579. The number of halogens is 1. The lowest BCUT2D eigenvalue weighted by molar-refractivity contribution is -0.130. The van der Waals surface area contributed by atoms with Crippen molar-refractivity contribution in [2.75, 3.05) is 7.05 Å². The third-order valence-corrected chi connectivity index (χ3v) is 5.51. The first-order valence-corrected chi connectivity index (χ1v) is 9.80. The molecule has 0 radical (unpaired) electrons. The zero-order valence-corrected chi connectivity index (χ0v) is 16.8. The number of nitrogens with zero attached hydrogens (tertiary/aromatic N) is 3. The molecular formula is C17H17BrN4OS2. The van der Waals surface area contributed by atoms with E-state index in [1.54, 1.807) is 16.2 Å². The molecule has 0 aliphatic rings. The highest BCUT2D eigenvalue weighted by Crippen LogP contribution is 2.23. The second-order valence-electron chi connectivity index (χ2n) is 5.61. The largest absolute Gasteiger partial charge is 0.341 e. The van der Waals surface area contributed by atoms with Crippen molar-refractivity contribution in [1.82, 2.24) is 19.7 Å². The number of aromatic amines is 1. The molecule has 130 valence electrons. The van der Waals surface area contributed by atoms with Crippen LogP contribution in [0.1, 0.15) is 12.0 Å². The van der Waals surface area contributed by atoms with E-state index in [0.717, 1.165) is 20.7 Å². The highest BCUT2D eigenvalue weighted by Gasteiger charge is 2.14. The number of hydrogen-bond donors (Lipinski definition) is 1. The van der Waals surface area contributed by atoms with Gasteiger partial charge in [-0.2, -0.15) is 5.10 Å². The lowest BCUT2D eigenvalue weighted by Gasteiger charge is -2.17. The van der Waals surface area contributed by atoms with Gasteiger partial charge < -0.3 is 4.90 Å². The number of H-pyrrole nitrogens is 1. The van der Waals surface area contributed by atoms with Gasteiger partial charge >= 0.3 is 0 Å². The molecule has 1 amide bonds. The van der Waals surface area contributed by atoms with Crippen molar-refractivity contribution in [2.24, 2.45) is 0 Å². The third-order valence-electron chi connectivity index (χ3n) is 3.81. The lowest BCUT2D eigenvalue weighted by atomic mass is 10.2. The number of aromatic nitrogens is 3. The van der Waals surface area contributed by atoms with Crippen LogP contribution in [0.3, 0.4) is 0 Å². The van der Waals surface area contributed by atoms with Crippen molar-refractivity contribution >= 4 is 45.4 Å². The van der Waals surface area contributed by atoms with Crippen molar-refractivity contribution < 1.29 is 4.79 Å². The summed E-state index contributed by atoms with van der Waals surface area (Å²) in [5.74, 6) is 0.853. The maximum Gasteiger partial charge on any atom is 0.224 e. The van der Waals surface area contributed by atoms with Gasteiger partial charge in [0.1, 0.15) is 0 Å². The first-order chi connectivity index (χ1) is 12.0. The van der Waals surface area contributed by atoms with E-state index in [9.17, 15) is 4.79 Å². The van der Waals surface area contributed by atoms with E-state index in [4.69, 9.17) is 12.2 Å². The van der Waals surface area contributed by atoms with E-state index in [0.29, 0.717) is 24.3 Å². The average Bonchev–Trinajstić information content (AvgIpc) is 3.24. The fraction of sp³-hybridized carbons (Fsp3) is 0.235. The third kappa shape index (κ3) is 4.45. The van der Waals surface area contributed by atoms with Crippen molar-refractivity contribution in [3.8, 4) is 10.7 Å². The number of benzene rings is 1. The van der Waals surface area contributed by atoms with Gasteiger partial charge in [-0.1, -0.05) is 34.1 Å². The molecule has 0 atom stereocenters. The van der Waals surface area contributed by atoms with Gasteiger partial charge in [-0.25, -0.2) is 0 Å². The van der Waals surface area contributed by atoms with E-state index < -0.39 is 0 Å². The van der Waals surface area contributed by atoms with Gasteiger partial charge in [0.2, 0.25) is 5.91 Å². The minimum Gasteiger partial charge on any atom is -0.341 e. The second-order valence-corrected chi connectivity index (χ2v) is 7.86. The van der Waals surface area contributed by atoms with Crippen LogP contribution < -0.4 is 0 Å². The molecule has 0 saturated carbocycles. The minimum absolute atomic E-state index is 0.0724. The molecule has 1 aromatic carbocycles. The summed E-state index contributed by atoms with van der Waals surface area (Å²) in [6.07, 6.45) is 0.374. The maximum atomic E-state index is 12.5. The summed E-state index contributed by atoms with van der Waals surface area (Å²) >= 11 is 10.3. The highest BCUT2D eigenvalue weighted by molar-refractivity contribution is 9.10. The van der Waals surface area contributed by atoms with E-state index in [2.05, 4.69) is 26.1 Å². The van der Waals surface area contributed by atoms with Crippen LogP contribution in [-0.4, -0.2) is 32.6 Å². The van der Waals surface area contributed by atoms with Crippen molar-refractivity contribution in [1.29, 1.82) is 0 Å². The monoisotopic (exact) mass is 436 g/mol. The maximum absolute atomic E-state index is 12.5. The number of amides is 1. The molecule has 0 aliphatic heterocycles. The molecule has 2 aromatic heterocycles. The first-order valence-electron chi connectivity index (χ1n) is 7.72. The van der Waals surface area contributed by atoms with Crippen LogP contribution in [0.2, 0.25) is 0 Å². The molecule has 3 aromatic rings. The Hall–Kier alpha value is -1.77. The van der Waals surface area contributed by atoms with Crippen LogP contribution in [0.15, 0.2) is 46.3 Å². The van der Waals surface area contributed by atoms with Gasteiger partial charge in [0.15, 0.2) is 10.6 Å². The summed E-state index contributed by atoms with van der Waals surface area (Å²) in [5, 5.41) is 9.10. The Bertz CT molecular complexity index is 900. The van der Waals surface area contributed by atoms with E-state index in [1.807, 2.05) is 53.4 Å². The standard InChI is InChI=1S/C17H17BrN4OS2/c1-21(11-12-4-6-13(18)7-5-12)15(23)8-9-22-16(19-20-17(22)24)14-3-2-10-25-14/h2-7,10H,8-9,11H2,1H3,(H,20,24). The van der Waals surface area contributed by atoms with E-state index in [1.165, 1.54) is 0 Å². The minimum atomic E-state index is 0.0724. The van der Waals surface area contributed by atoms with Crippen molar-refractivity contribution in [3.63, 3.8) is 0 Å². The predicted molar refractivity (Wildman–Crippen MR) is 106 cm³/mol. The highest BCUT2D eigenvalue weighted by atomic mass is 79.9. The Morgan fingerprint density at radius 1 is 1.36 bits per heavy atom. The van der Waals surface area contributed by atoms with Crippen molar-refractivity contribution in [2.45, 2.75) is 19.5 Å². The van der Waals surface area contributed by atoms with Crippen LogP contribution in [0.25, 0.3) is 10.7 Å². The summed E-state index contributed by atoms with van der Waals surface area (Å²) in [4.78, 5) is 15.2. The van der Waals surface area contributed by atoms with Crippen molar-refractivity contribution in [3.05, 3.63) is 56.6 Å². The van der Waals surface area contributed by atoms with Gasteiger partial charge in [-0.3, -0.25) is 14.5 Å². The number of hydrogen-bond acceptors (Lipinski definition) is 4. The molecule has 1 N–H and O–H groups in total. The normalized spacial score (nSPS) is 10.8. The number of carbonyl (C=O) groups is 1. The topological polar surface area (TPSA) is 53.9 Å². The fourth-order valence-corrected chi connectivity index (χ4v) is 3.68. The van der Waals surface area contributed by atoms with Crippen LogP contribution in [0, 0.1) is 4.77 Å². The number of carbonyl (C=O) groups excluding carboxylic acids is 1. The van der Waals surface area contributed by atoms with Crippen LogP contribution in [0.5, 0.6) is 0 Å². The molecule has 0 saturated heterocycles. The lowest BCUT2D eigenvalue weighted by Crippen LogP contribution is -2.27. The molecule has 0 aliphatic carbocycles. The van der Waals surface area contributed by atoms with Gasteiger partial charge in [0.25, 0.3) is 0 Å². The first kappa shape index (κ1) is 18.0. The number of nitrogens with one attached hydrogen (secondary N) is 1.